The van der Waals surface area contributed by atoms with Crippen LogP contribution in [-0.4, -0.2) is 11.5 Å². The third-order valence-corrected chi connectivity index (χ3v) is 4.04. The van der Waals surface area contributed by atoms with E-state index in [1.165, 1.54) is 6.07 Å². The Balaban J connectivity index is 2.22. The van der Waals surface area contributed by atoms with Gasteiger partial charge in [-0.05, 0) is 29.9 Å². The van der Waals surface area contributed by atoms with Gasteiger partial charge in [-0.3, -0.25) is 11.3 Å². The number of hydrazine groups is 1. The van der Waals surface area contributed by atoms with Crippen LogP contribution in [0.2, 0.25) is 0 Å². The molecule has 2 unspecified atom stereocenters. The predicted octanol–water partition coefficient (Wildman–Crippen LogP) is 2.08. The molecule has 1 aromatic rings. The molecule has 3 N–H and O–H groups in total. The van der Waals surface area contributed by atoms with Gasteiger partial charge >= 0.3 is 0 Å². The fourth-order valence-electron chi connectivity index (χ4n) is 2.02. The lowest BCUT2D eigenvalue weighted by Crippen LogP contribution is -2.34. The number of nitrogens with one attached hydrogen (secondary N) is 1. The number of hydrogen-bond donors (Lipinski definition) is 2. The Labute approximate surface area is 93.4 Å². The highest BCUT2D eigenvalue weighted by Gasteiger charge is 2.27. The van der Waals surface area contributed by atoms with Gasteiger partial charge in [0.15, 0.2) is 0 Å². The number of benzene rings is 1. The van der Waals surface area contributed by atoms with Gasteiger partial charge in [0, 0.05) is 5.56 Å². The molecule has 0 bridgehead atoms. The summed E-state index contributed by atoms with van der Waals surface area (Å²) in [6, 6.07) is 6.80. The molecule has 0 spiro atoms. The van der Waals surface area contributed by atoms with E-state index < -0.39 is 0 Å². The third-order valence-electron chi connectivity index (χ3n) is 2.86. The van der Waals surface area contributed by atoms with E-state index in [2.05, 4.69) is 5.43 Å². The van der Waals surface area contributed by atoms with E-state index in [1.807, 2.05) is 23.9 Å². The van der Waals surface area contributed by atoms with Crippen molar-refractivity contribution in [3.05, 3.63) is 35.6 Å². The van der Waals surface area contributed by atoms with Crippen LogP contribution < -0.4 is 11.3 Å². The lowest BCUT2D eigenvalue weighted by atomic mass is 9.93. The zero-order valence-corrected chi connectivity index (χ0v) is 9.27. The molecule has 0 aliphatic carbocycles. The SMILES string of the molecule is NNC(c1ccccc1F)C1CCSC1. The number of hydrogen-bond acceptors (Lipinski definition) is 3. The van der Waals surface area contributed by atoms with Crippen LogP contribution in [0.25, 0.3) is 0 Å². The smallest absolute Gasteiger partial charge is 0.128 e. The van der Waals surface area contributed by atoms with Gasteiger partial charge in [-0.25, -0.2) is 4.39 Å². The molecule has 0 radical (unpaired) electrons. The van der Waals surface area contributed by atoms with Gasteiger partial charge in [-0.2, -0.15) is 11.8 Å². The Hall–Kier alpha value is -0.580. The molecule has 1 aromatic carbocycles. The van der Waals surface area contributed by atoms with Gasteiger partial charge in [0.25, 0.3) is 0 Å². The molecular weight excluding hydrogens is 211 g/mol. The van der Waals surface area contributed by atoms with Gasteiger partial charge in [-0.1, -0.05) is 18.2 Å². The fraction of sp³-hybridized carbons (Fsp3) is 0.455. The van der Waals surface area contributed by atoms with E-state index in [0.29, 0.717) is 11.5 Å². The second-order valence-corrected chi connectivity index (χ2v) is 4.94. The van der Waals surface area contributed by atoms with Crippen LogP contribution in [0.5, 0.6) is 0 Å². The van der Waals surface area contributed by atoms with E-state index in [1.54, 1.807) is 6.07 Å². The summed E-state index contributed by atoms with van der Waals surface area (Å²) < 4.78 is 13.6. The molecule has 0 saturated carbocycles. The predicted molar refractivity (Wildman–Crippen MR) is 61.9 cm³/mol. The summed E-state index contributed by atoms with van der Waals surface area (Å²) in [5.41, 5.74) is 3.44. The number of nitrogens with two attached hydrogens (primary N) is 1. The first-order valence-corrected chi connectivity index (χ1v) is 6.26. The monoisotopic (exact) mass is 226 g/mol. The van der Waals surface area contributed by atoms with Crippen LogP contribution in [0.4, 0.5) is 4.39 Å². The van der Waals surface area contributed by atoms with Gasteiger partial charge < -0.3 is 0 Å². The molecule has 0 aromatic heterocycles. The topological polar surface area (TPSA) is 38.0 Å². The Kier molecular flexibility index (Phi) is 3.61. The summed E-state index contributed by atoms with van der Waals surface area (Å²) in [5.74, 6) is 8.01. The molecule has 1 fully saturated rings. The fourth-order valence-corrected chi connectivity index (χ4v) is 3.32. The number of rotatable bonds is 3. The quantitative estimate of drug-likeness (QED) is 0.612. The Bertz CT molecular complexity index is 326. The maximum atomic E-state index is 13.6. The first-order chi connectivity index (χ1) is 7.33. The third kappa shape index (κ3) is 2.33. The minimum Gasteiger partial charge on any atom is -0.271 e. The second kappa shape index (κ2) is 4.96. The average Bonchev–Trinajstić information content (AvgIpc) is 2.75. The van der Waals surface area contributed by atoms with E-state index in [4.69, 9.17) is 5.84 Å². The standard InChI is InChI=1S/C11H15FN2S/c12-10-4-2-1-3-9(10)11(14-13)8-5-6-15-7-8/h1-4,8,11,14H,5-7,13H2. The van der Waals surface area contributed by atoms with Crippen LogP contribution in [-0.2, 0) is 0 Å². The van der Waals surface area contributed by atoms with Crippen molar-refractivity contribution in [1.82, 2.24) is 5.43 Å². The summed E-state index contributed by atoms with van der Waals surface area (Å²) in [6.07, 6.45) is 1.11. The summed E-state index contributed by atoms with van der Waals surface area (Å²) in [5, 5.41) is 0. The first-order valence-electron chi connectivity index (χ1n) is 5.11. The van der Waals surface area contributed by atoms with Crippen LogP contribution in [0.3, 0.4) is 0 Å². The van der Waals surface area contributed by atoms with Crippen molar-refractivity contribution in [3.8, 4) is 0 Å². The Morgan fingerprint density at radius 2 is 2.27 bits per heavy atom. The van der Waals surface area contributed by atoms with Gasteiger partial charge in [-0.15, -0.1) is 0 Å². The molecule has 2 rings (SSSR count). The largest absolute Gasteiger partial charge is 0.271 e. The zero-order chi connectivity index (χ0) is 10.7. The highest BCUT2D eigenvalue weighted by atomic mass is 32.2. The van der Waals surface area contributed by atoms with Crippen molar-refractivity contribution in [2.45, 2.75) is 12.5 Å². The summed E-state index contributed by atoms with van der Waals surface area (Å²) in [7, 11) is 0. The molecule has 1 saturated heterocycles. The van der Waals surface area contributed by atoms with Crippen LogP contribution in [0.15, 0.2) is 24.3 Å². The van der Waals surface area contributed by atoms with Crippen molar-refractivity contribution in [3.63, 3.8) is 0 Å². The molecule has 2 atom stereocenters. The van der Waals surface area contributed by atoms with Crippen LogP contribution >= 0.6 is 11.8 Å². The summed E-state index contributed by atoms with van der Waals surface area (Å²) in [4.78, 5) is 0. The first kappa shape index (κ1) is 10.9. The van der Waals surface area contributed by atoms with Crippen molar-refractivity contribution < 1.29 is 4.39 Å². The minimum absolute atomic E-state index is 0.0544. The molecule has 15 heavy (non-hydrogen) atoms. The van der Waals surface area contributed by atoms with E-state index in [-0.39, 0.29) is 11.9 Å². The van der Waals surface area contributed by atoms with Crippen molar-refractivity contribution in [2.24, 2.45) is 11.8 Å². The van der Waals surface area contributed by atoms with Gasteiger partial charge in [0.2, 0.25) is 0 Å². The molecule has 1 aliphatic heterocycles. The molecule has 1 heterocycles. The van der Waals surface area contributed by atoms with E-state index >= 15 is 0 Å². The van der Waals surface area contributed by atoms with Crippen molar-refractivity contribution in [1.29, 1.82) is 0 Å². The van der Waals surface area contributed by atoms with Gasteiger partial charge in [0.1, 0.15) is 5.82 Å². The highest BCUT2D eigenvalue weighted by molar-refractivity contribution is 7.99. The Morgan fingerprint density at radius 1 is 1.47 bits per heavy atom. The van der Waals surface area contributed by atoms with E-state index in [9.17, 15) is 4.39 Å². The maximum absolute atomic E-state index is 13.6. The second-order valence-electron chi connectivity index (χ2n) is 3.79. The highest BCUT2D eigenvalue weighted by Crippen LogP contribution is 2.34. The number of thioether (sulfide) groups is 1. The lowest BCUT2D eigenvalue weighted by Gasteiger charge is -2.22. The molecule has 1 aliphatic rings. The van der Waals surface area contributed by atoms with Crippen LogP contribution in [0, 0.1) is 11.7 Å². The molecule has 2 nitrogen and oxygen atoms in total. The number of halogens is 1. The zero-order valence-electron chi connectivity index (χ0n) is 8.45. The van der Waals surface area contributed by atoms with Crippen molar-refractivity contribution in [2.75, 3.05) is 11.5 Å². The molecule has 0 amide bonds. The molecule has 4 heteroatoms. The van der Waals surface area contributed by atoms with Crippen molar-refractivity contribution >= 4 is 11.8 Å². The lowest BCUT2D eigenvalue weighted by molar-refractivity contribution is 0.387. The summed E-state index contributed by atoms with van der Waals surface area (Å²) in [6.45, 7) is 0. The molecular formula is C11H15FN2S. The maximum Gasteiger partial charge on any atom is 0.128 e. The summed E-state index contributed by atoms with van der Waals surface area (Å²) >= 11 is 1.91. The minimum atomic E-state index is -0.169. The van der Waals surface area contributed by atoms with Gasteiger partial charge in [0.05, 0.1) is 6.04 Å². The molecule has 82 valence electrons. The Morgan fingerprint density at radius 3 is 2.87 bits per heavy atom. The average molecular weight is 226 g/mol. The van der Waals surface area contributed by atoms with E-state index in [0.717, 1.165) is 17.9 Å². The van der Waals surface area contributed by atoms with Crippen LogP contribution in [0.1, 0.15) is 18.0 Å². The normalized spacial score (nSPS) is 22.9.